The van der Waals surface area contributed by atoms with Crippen LogP contribution in [0.3, 0.4) is 0 Å². The van der Waals surface area contributed by atoms with Crippen molar-refractivity contribution in [2.24, 2.45) is 0 Å². The number of anilines is 1. The highest BCUT2D eigenvalue weighted by Gasteiger charge is 2.49. The lowest BCUT2D eigenvalue weighted by Gasteiger charge is -2.51. The average molecular weight is 546 g/mol. The largest absolute Gasteiger partial charge is 0.384 e. The number of carbonyl (C=O) groups is 2. The third kappa shape index (κ3) is 6.71. The average Bonchev–Trinajstić information content (AvgIpc) is 2.96. The van der Waals surface area contributed by atoms with Gasteiger partial charge in [-0.15, -0.1) is 0 Å². The fraction of sp³-hybridized carbons (Fsp3) is 0.387. The molecule has 1 aromatic heterocycles. The number of unbranched alkanes of at least 4 members (excludes halogenated alkanes) is 1. The molecule has 1 aliphatic carbocycles. The van der Waals surface area contributed by atoms with Crippen LogP contribution in [0.4, 0.5) is 10.5 Å². The number of nitrogens with one attached hydrogen (secondary N) is 3. The fourth-order valence-corrected chi connectivity index (χ4v) is 5.75. The molecule has 0 unspecified atom stereocenters. The SMILES string of the molecule is O=C(NCCCCNc1ccnc2cc(Cl)ccc12)N[C@H]1C(=O)N(C2CCCCC2)[C@H]1/C=C/c1ccccc1. The molecule has 0 bridgehead atoms. The van der Waals surface area contributed by atoms with E-state index in [-0.39, 0.29) is 24.0 Å². The Balaban J connectivity index is 1.09. The van der Waals surface area contributed by atoms with Gasteiger partial charge in [-0.1, -0.05) is 73.3 Å². The van der Waals surface area contributed by atoms with Crippen LogP contribution in [0.25, 0.3) is 17.0 Å². The van der Waals surface area contributed by atoms with Gasteiger partial charge in [0, 0.05) is 41.4 Å². The second kappa shape index (κ2) is 13.0. The molecule has 1 saturated carbocycles. The van der Waals surface area contributed by atoms with Crippen LogP contribution in [0.5, 0.6) is 0 Å². The van der Waals surface area contributed by atoms with Crippen LogP contribution in [0.15, 0.2) is 66.9 Å². The number of fused-ring (bicyclic) bond motifs is 1. The Morgan fingerprint density at radius 1 is 1.03 bits per heavy atom. The van der Waals surface area contributed by atoms with Gasteiger partial charge < -0.3 is 20.9 Å². The van der Waals surface area contributed by atoms with Crippen LogP contribution < -0.4 is 16.0 Å². The van der Waals surface area contributed by atoms with Crippen LogP contribution in [-0.2, 0) is 4.79 Å². The molecule has 0 radical (unpaired) electrons. The van der Waals surface area contributed by atoms with E-state index in [4.69, 9.17) is 11.6 Å². The topological polar surface area (TPSA) is 86.4 Å². The molecule has 2 fully saturated rings. The van der Waals surface area contributed by atoms with Crippen molar-refractivity contribution in [3.8, 4) is 0 Å². The molecule has 1 saturated heterocycles. The van der Waals surface area contributed by atoms with E-state index < -0.39 is 6.04 Å². The summed E-state index contributed by atoms with van der Waals surface area (Å²) in [5.41, 5.74) is 2.96. The number of halogens is 1. The van der Waals surface area contributed by atoms with E-state index >= 15 is 0 Å². The van der Waals surface area contributed by atoms with Crippen LogP contribution >= 0.6 is 11.6 Å². The van der Waals surface area contributed by atoms with Gasteiger partial charge >= 0.3 is 6.03 Å². The summed E-state index contributed by atoms with van der Waals surface area (Å²) in [5, 5.41) is 11.0. The normalized spacial score (nSPS) is 19.7. The molecule has 3 N–H and O–H groups in total. The van der Waals surface area contributed by atoms with Gasteiger partial charge in [-0.25, -0.2) is 4.79 Å². The summed E-state index contributed by atoms with van der Waals surface area (Å²) >= 11 is 6.08. The van der Waals surface area contributed by atoms with Gasteiger partial charge in [-0.3, -0.25) is 9.78 Å². The highest BCUT2D eigenvalue weighted by Crippen LogP contribution is 2.32. The minimum absolute atomic E-state index is 0.0230. The number of amides is 3. The summed E-state index contributed by atoms with van der Waals surface area (Å²) in [6, 6.07) is 17.0. The molecule has 2 heterocycles. The first-order valence-corrected chi connectivity index (χ1v) is 14.4. The van der Waals surface area contributed by atoms with Gasteiger partial charge in [0.1, 0.15) is 6.04 Å². The quantitative estimate of drug-likeness (QED) is 0.215. The van der Waals surface area contributed by atoms with E-state index in [9.17, 15) is 9.59 Å². The molecule has 2 atom stereocenters. The molecule has 0 spiro atoms. The monoisotopic (exact) mass is 545 g/mol. The van der Waals surface area contributed by atoms with E-state index in [1.165, 1.54) is 6.42 Å². The van der Waals surface area contributed by atoms with Crippen molar-refractivity contribution in [3.05, 3.63) is 77.5 Å². The Bertz CT molecular complexity index is 1310. The Kier molecular flexibility index (Phi) is 8.99. The standard InChI is InChI=1S/C31H36ClN5O2/c32-23-14-15-25-26(17-20-34-27(25)21-23)33-18-7-8-19-35-31(39)36-29-28(16-13-22-9-3-1-4-10-22)37(30(29)38)24-11-5-2-6-12-24/h1,3-4,9-10,13-17,20-21,24,28-29H,2,5-8,11-12,18-19H2,(H,33,34)(H2,35,36,39)/b16-13+/t28-,29+/m0/s1. The molecular formula is C31H36ClN5O2. The minimum Gasteiger partial charge on any atom is -0.384 e. The molecule has 8 heteroatoms. The number of hydrogen-bond acceptors (Lipinski definition) is 4. The summed E-state index contributed by atoms with van der Waals surface area (Å²) in [6.45, 7) is 1.31. The van der Waals surface area contributed by atoms with Gasteiger partial charge in [0.05, 0.1) is 11.6 Å². The first-order chi connectivity index (χ1) is 19.1. The highest BCUT2D eigenvalue weighted by atomic mass is 35.5. The van der Waals surface area contributed by atoms with E-state index in [1.54, 1.807) is 6.20 Å². The maximum atomic E-state index is 13.1. The fourth-order valence-electron chi connectivity index (χ4n) is 5.58. The van der Waals surface area contributed by atoms with Crippen molar-refractivity contribution < 1.29 is 9.59 Å². The van der Waals surface area contributed by atoms with Crippen LogP contribution in [0.2, 0.25) is 5.02 Å². The maximum Gasteiger partial charge on any atom is 0.315 e. The number of aromatic nitrogens is 1. The number of hydrogen-bond donors (Lipinski definition) is 3. The van der Waals surface area contributed by atoms with Gasteiger partial charge in [-0.05, 0) is 55.5 Å². The van der Waals surface area contributed by atoms with Gasteiger partial charge in [-0.2, -0.15) is 0 Å². The number of rotatable bonds is 10. The van der Waals surface area contributed by atoms with Crippen molar-refractivity contribution >= 4 is 46.2 Å². The number of carbonyl (C=O) groups excluding carboxylic acids is 2. The number of benzene rings is 2. The van der Waals surface area contributed by atoms with E-state index in [0.29, 0.717) is 11.6 Å². The van der Waals surface area contributed by atoms with Gasteiger partial charge in [0.25, 0.3) is 0 Å². The van der Waals surface area contributed by atoms with Gasteiger partial charge in [0.15, 0.2) is 0 Å². The third-order valence-corrected chi connectivity index (χ3v) is 7.87. The first kappa shape index (κ1) is 27.0. The van der Waals surface area contributed by atoms with E-state index in [2.05, 4.69) is 27.0 Å². The number of pyridine rings is 1. The zero-order valence-electron chi connectivity index (χ0n) is 22.1. The predicted octanol–water partition coefficient (Wildman–Crippen LogP) is 6.01. The van der Waals surface area contributed by atoms with Crippen molar-refractivity contribution in [2.45, 2.75) is 63.1 Å². The van der Waals surface area contributed by atoms with Crippen molar-refractivity contribution in [1.29, 1.82) is 0 Å². The summed E-state index contributed by atoms with van der Waals surface area (Å²) in [7, 11) is 0. The van der Waals surface area contributed by atoms with E-state index in [0.717, 1.165) is 67.2 Å². The Hall–Kier alpha value is -3.58. The zero-order valence-corrected chi connectivity index (χ0v) is 22.9. The number of nitrogens with zero attached hydrogens (tertiary/aromatic N) is 2. The molecule has 1 aliphatic heterocycles. The minimum atomic E-state index is -0.526. The highest BCUT2D eigenvalue weighted by molar-refractivity contribution is 6.31. The second-order valence-electron chi connectivity index (χ2n) is 10.3. The van der Waals surface area contributed by atoms with Crippen molar-refractivity contribution in [3.63, 3.8) is 0 Å². The lowest BCUT2D eigenvalue weighted by Crippen LogP contribution is -2.73. The predicted molar refractivity (Wildman–Crippen MR) is 158 cm³/mol. The Morgan fingerprint density at radius 2 is 1.82 bits per heavy atom. The van der Waals surface area contributed by atoms with Crippen LogP contribution in [0, 0.1) is 0 Å². The first-order valence-electron chi connectivity index (χ1n) is 14.0. The smallest absolute Gasteiger partial charge is 0.315 e. The van der Waals surface area contributed by atoms with Crippen LogP contribution in [0.1, 0.15) is 50.5 Å². The molecule has 3 aromatic rings. The molecule has 39 heavy (non-hydrogen) atoms. The van der Waals surface area contributed by atoms with Crippen molar-refractivity contribution in [1.82, 2.24) is 20.5 Å². The number of urea groups is 1. The third-order valence-electron chi connectivity index (χ3n) is 7.63. The summed E-state index contributed by atoms with van der Waals surface area (Å²) in [6.07, 6.45) is 13.2. The van der Waals surface area contributed by atoms with E-state index in [1.807, 2.05) is 65.6 Å². The molecule has 7 nitrogen and oxygen atoms in total. The molecule has 204 valence electrons. The number of likely N-dealkylation sites (tertiary alicyclic amines) is 1. The molecule has 2 aliphatic rings. The van der Waals surface area contributed by atoms with Crippen LogP contribution in [-0.4, -0.2) is 53.0 Å². The maximum absolute atomic E-state index is 13.1. The zero-order chi connectivity index (χ0) is 27.0. The molecule has 5 rings (SSSR count). The molecular weight excluding hydrogens is 510 g/mol. The van der Waals surface area contributed by atoms with Gasteiger partial charge in [0.2, 0.25) is 5.91 Å². The van der Waals surface area contributed by atoms with Crippen molar-refractivity contribution in [2.75, 3.05) is 18.4 Å². The summed E-state index contributed by atoms with van der Waals surface area (Å²) < 4.78 is 0. The summed E-state index contributed by atoms with van der Waals surface area (Å²) in [4.78, 5) is 32.1. The number of β-lactam (4-membered cyclic amide) rings is 1. The second-order valence-corrected chi connectivity index (χ2v) is 10.8. The lowest BCUT2D eigenvalue weighted by molar-refractivity contribution is -0.152. The summed E-state index contributed by atoms with van der Waals surface area (Å²) in [5.74, 6) is 0.0230. The molecule has 3 amide bonds. The lowest BCUT2D eigenvalue weighted by atomic mass is 9.85. The Morgan fingerprint density at radius 3 is 2.64 bits per heavy atom. The molecule has 2 aromatic carbocycles. The Labute approximate surface area is 235 Å².